The van der Waals surface area contributed by atoms with Crippen LogP contribution in [0.3, 0.4) is 0 Å². The molecule has 0 radical (unpaired) electrons. The Bertz CT molecular complexity index is 515. The van der Waals surface area contributed by atoms with Crippen molar-refractivity contribution < 1.29 is 19.4 Å². The summed E-state index contributed by atoms with van der Waals surface area (Å²) in [5.74, 6) is -0.894. The maximum atomic E-state index is 12.4. The Morgan fingerprint density at radius 1 is 1.38 bits per heavy atom. The van der Waals surface area contributed by atoms with E-state index in [1.807, 2.05) is 31.2 Å². The van der Waals surface area contributed by atoms with Crippen LogP contribution in [0, 0.1) is 6.92 Å². The zero-order valence-corrected chi connectivity index (χ0v) is 12.2. The molecular weight excluding hydrogens is 270 g/mol. The molecule has 1 aromatic carbocycles. The molecule has 1 atom stereocenters. The van der Waals surface area contributed by atoms with E-state index >= 15 is 0 Å². The fourth-order valence-electron chi connectivity index (χ4n) is 2.63. The van der Waals surface area contributed by atoms with Crippen LogP contribution in [-0.2, 0) is 20.7 Å². The lowest BCUT2D eigenvalue weighted by Crippen LogP contribution is -2.49. The van der Waals surface area contributed by atoms with Crippen LogP contribution in [0.5, 0.6) is 0 Å². The Morgan fingerprint density at radius 3 is 2.86 bits per heavy atom. The van der Waals surface area contributed by atoms with Crippen molar-refractivity contribution >= 4 is 11.9 Å². The molecule has 1 fully saturated rings. The minimum absolute atomic E-state index is 0.00723. The average molecular weight is 291 g/mol. The summed E-state index contributed by atoms with van der Waals surface area (Å²) in [6.45, 7) is 3.29. The first-order chi connectivity index (χ1) is 10.1. The van der Waals surface area contributed by atoms with Gasteiger partial charge in [-0.2, -0.15) is 0 Å². The Labute approximate surface area is 124 Å². The molecule has 2 rings (SSSR count). The Balaban J connectivity index is 1.94. The van der Waals surface area contributed by atoms with Crippen molar-refractivity contribution in [1.82, 2.24) is 4.90 Å². The lowest BCUT2D eigenvalue weighted by molar-refractivity contribution is -0.146. The zero-order valence-electron chi connectivity index (χ0n) is 12.2. The molecule has 0 saturated carbocycles. The van der Waals surface area contributed by atoms with Gasteiger partial charge in [-0.25, -0.2) is 0 Å². The number of hydrogen-bond acceptors (Lipinski definition) is 3. The Kier molecular flexibility index (Phi) is 5.33. The van der Waals surface area contributed by atoms with Crippen molar-refractivity contribution in [1.29, 1.82) is 0 Å². The van der Waals surface area contributed by atoms with Crippen molar-refractivity contribution in [2.24, 2.45) is 0 Å². The third-order valence-corrected chi connectivity index (χ3v) is 3.83. The van der Waals surface area contributed by atoms with E-state index < -0.39 is 5.97 Å². The van der Waals surface area contributed by atoms with Crippen LogP contribution in [0.15, 0.2) is 24.3 Å². The smallest absolute Gasteiger partial charge is 0.305 e. The van der Waals surface area contributed by atoms with Gasteiger partial charge in [0.15, 0.2) is 0 Å². The highest BCUT2D eigenvalue weighted by atomic mass is 16.5. The molecule has 21 heavy (non-hydrogen) atoms. The number of benzene rings is 1. The normalized spacial score (nSPS) is 18.5. The molecule has 0 aromatic heterocycles. The minimum Gasteiger partial charge on any atom is -0.481 e. The van der Waals surface area contributed by atoms with Crippen molar-refractivity contribution in [3.63, 3.8) is 0 Å². The maximum Gasteiger partial charge on any atom is 0.305 e. The summed E-state index contributed by atoms with van der Waals surface area (Å²) in [5, 5.41) is 8.92. The second-order valence-corrected chi connectivity index (χ2v) is 5.34. The molecule has 1 aromatic rings. The number of rotatable bonds is 5. The molecule has 0 spiro atoms. The van der Waals surface area contributed by atoms with E-state index in [4.69, 9.17) is 9.84 Å². The average Bonchev–Trinajstić information content (AvgIpc) is 2.46. The van der Waals surface area contributed by atoms with Gasteiger partial charge in [-0.3, -0.25) is 9.59 Å². The van der Waals surface area contributed by atoms with Gasteiger partial charge in [-0.1, -0.05) is 24.3 Å². The van der Waals surface area contributed by atoms with Gasteiger partial charge in [-0.15, -0.1) is 0 Å². The first-order valence-electron chi connectivity index (χ1n) is 7.21. The largest absolute Gasteiger partial charge is 0.481 e. The fraction of sp³-hybridized carbons (Fsp3) is 0.500. The monoisotopic (exact) mass is 291 g/mol. The van der Waals surface area contributed by atoms with Crippen LogP contribution in [0.2, 0.25) is 0 Å². The van der Waals surface area contributed by atoms with Crippen LogP contribution in [0.25, 0.3) is 0 Å². The number of aryl methyl sites for hydroxylation is 2. The van der Waals surface area contributed by atoms with Gasteiger partial charge in [0.1, 0.15) is 0 Å². The molecule has 1 unspecified atom stereocenters. The predicted octanol–water partition coefficient (Wildman–Crippen LogP) is 1.63. The molecule has 1 saturated heterocycles. The van der Waals surface area contributed by atoms with Gasteiger partial charge in [0.25, 0.3) is 0 Å². The van der Waals surface area contributed by atoms with E-state index in [1.165, 1.54) is 5.56 Å². The van der Waals surface area contributed by atoms with Gasteiger partial charge in [-0.05, 0) is 24.5 Å². The molecule has 1 aliphatic heterocycles. The number of hydrogen-bond donors (Lipinski definition) is 1. The second-order valence-electron chi connectivity index (χ2n) is 5.34. The quantitative estimate of drug-likeness (QED) is 0.895. The fourth-order valence-corrected chi connectivity index (χ4v) is 2.63. The third kappa shape index (κ3) is 4.29. The van der Waals surface area contributed by atoms with Gasteiger partial charge in [0, 0.05) is 13.0 Å². The van der Waals surface area contributed by atoms with Crippen LogP contribution in [0.1, 0.15) is 24.0 Å². The highest BCUT2D eigenvalue weighted by Gasteiger charge is 2.28. The molecule has 5 nitrogen and oxygen atoms in total. The van der Waals surface area contributed by atoms with Gasteiger partial charge >= 0.3 is 5.97 Å². The van der Waals surface area contributed by atoms with Crippen molar-refractivity contribution in [2.75, 3.05) is 19.8 Å². The third-order valence-electron chi connectivity index (χ3n) is 3.83. The zero-order chi connectivity index (χ0) is 15.2. The van der Waals surface area contributed by atoms with Gasteiger partial charge in [0.05, 0.1) is 25.7 Å². The van der Waals surface area contributed by atoms with E-state index in [1.54, 1.807) is 4.90 Å². The molecule has 1 heterocycles. The molecule has 1 amide bonds. The van der Waals surface area contributed by atoms with Crippen molar-refractivity contribution in [3.8, 4) is 0 Å². The maximum absolute atomic E-state index is 12.4. The standard InChI is InChI=1S/C16H21NO4/c1-12-4-2-3-5-13(12)6-7-15(18)17-8-9-21-11-14(17)10-16(19)20/h2-5,14H,6-11H2,1H3,(H,19,20). The number of morpholine rings is 1. The summed E-state index contributed by atoms with van der Waals surface area (Å²) < 4.78 is 5.29. The molecule has 1 N–H and O–H groups in total. The summed E-state index contributed by atoms with van der Waals surface area (Å²) in [4.78, 5) is 24.9. The summed E-state index contributed by atoms with van der Waals surface area (Å²) in [7, 11) is 0. The van der Waals surface area contributed by atoms with Crippen molar-refractivity contribution in [2.45, 2.75) is 32.2 Å². The van der Waals surface area contributed by atoms with Crippen LogP contribution >= 0.6 is 0 Å². The second kappa shape index (κ2) is 7.22. The molecule has 1 aliphatic rings. The lowest BCUT2D eigenvalue weighted by atomic mass is 10.0. The molecule has 0 bridgehead atoms. The Hall–Kier alpha value is -1.88. The van der Waals surface area contributed by atoms with E-state index in [0.717, 1.165) is 5.56 Å². The number of aliphatic carboxylic acids is 1. The van der Waals surface area contributed by atoms with E-state index in [9.17, 15) is 9.59 Å². The Morgan fingerprint density at radius 2 is 2.14 bits per heavy atom. The lowest BCUT2D eigenvalue weighted by Gasteiger charge is -2.35. The molecule has 5 heteroatoms. The highest BCUT2D eigenvalue weighted by Crippen LogP contribution is 2.15. The first kappa shape index (κ1) is 15.5. The van der Waals surface area contributed by atoms with Crippen LogP contribution in [-0.4, -0.2) is 47.7 Å². The first-order valence-corrected chi connectivity index (χ1v) is 7.21. The van der Waals surface area contributed by atoms with Crippen LogP contribution < -0.4 is 0 Å². The van der Waals surface area contributed by atoms with E-state index in [-0.39, 0.29) is 18.4 Å². The number of amides is 1. The van der Waals surface area contributed by atoms with E-state index in [0.29, 0.717) is 32.6 Å². The summed E-state index contributed by atoms with van der Waals surface area (Å²) in [5.41, 5.74) is 2.34. The number of carboxylic acid groups (broad SMARTS) is 1. The number of carboxylic acids is 1. The predicted molar refractivity (Wildman–Crippen MR) is 78.1 cm³/mol. The highest BCUT2D eigenvalue weighted by molar-refractivity contribution is 5.78. The van der Waals surface area contributed by atoms with Gasteiger partial charge in [0.2, 0.25) is 5.91 Å². The van der Waals surface area contributed by atoms with Crippen molar-refractivity contribution in [3.05, 3.63) is 35.4 Å². The van der Waals surface area contributed by atoms with Gasteiger partial charge < -0.3 is 14.7 Å². The SMILES string of the molecule is Cc1ccccc1CCC(=O)N1CCOCC1CC(=O)O. The summed E-state index contributed by atoms with van der Waals surface area (Å²) in [6.07, 6.45) is 1.03. The number of nitrogens with zero attached hydrogens (tertiary/aromatic N) is 1. The number of carbonyl (C=O) groups is 2. The minimum atomic E-state index is -0.901. The summed E-state index contributed by atoms with van der Waals surface area (Å²) in [6, 6.07) is 7.65. The van der Waals surface area contributed by atoms with Crippen LogP contribution in [0.4, 0.5) is 0 Å². The topological polar surface area (TPSA) is 66.8 Å². The number of ether oxygens (including phenoxy) is 1. The molecule has 0 aliphatic carbocycles. The summed E-state index contributed by atoms with van der Waals surface area (Å²) >= 11 is 0. The van der Waals surface area contributed by atoms with E-state index in [2.05, 4.69) is 0 Å². The molecular formula is C16H21NO4. The molecule has 114 valence electrons. The number of carbonyl (C=O) groups excluding carboxylic acids is 1.